The van der Waals surface area contributed by atoms with Crippen molar-refractivity contribution in [3.8, 4) is 5.75 Å². The lowest BCUT2D eigenvalue weighted by molar-refractivity contribution is -0.143. The summed E-state index contributed by atoms with van der Waals surface area (Å²) in [5, 5.41) is 9.26. The molecule has 156 valence electrons. The Kier molecular flexibility index (Phi) is 6.47. The summed E-state index contributed by atoms with van der Waals surface area (Å²) in [6, 6.07) is 12.3. The molecule has 0 aromatic heterocycles. The van der Waals surface area contributed by atoms with Crippen molar-refractivity contribution in [3.05, 3.63) is 65.2 Å². The van der Waals surface area contributed by atoms with Crippen LogP contribution in [0.4, 0.5) is 13.2 Å². The van der Waals surface area contributed by atoms with Crippen LogP contribution in [0.15, 0.2) is 48.5 Å². The van der Waals surface area contributed by atoms with E-state index in [0.29, 0.717) is 43.9 Å². The fraction of sp³-hybridized carbons (Fsp3) is 0.409. The van der Waals surface area contributed by atoms with E-state index in [0.717, 1.165) is 11.6 Å². The lowest BCUT2D eigenvalue weighted by atomic mass is 9.90. The molecule has 1 saturated heterocycles. The van der Waals surface area contributed by atoms with Gasteiger partial charge in [0.1, 0.15) is 5.75 Å². The third-order valence-corrected chi connectivity index (χ3v) is 5.26. The van der Waals surface area contributed by atoms with E-state index in [1.807, 2.05) is 31.2 Å². The van der Waals surface area contributed by atoms with Crippen LogP contribution in [-0.4, -0.2) is 35.7 Å². The maximum Gasteiger partial charge on any atom is 0.416 e. The zero-order valence-corrected chi connectivity index (χ0v) is 16.2. The zero-order valence-electron chi connectivity index (χ0n) is 16.2. The van der Waals surface area contributed by atoms with Gasteiger partial charge < -0.3 is 9.84 Å². The molecule has 0 aliphatic carbocycles. The first-order valence-electron chi connectivity index (χ1n) is 9.66. The Bertz CT molecular complexity index is 845. The number of rotatable bonds is 6. The SMILES string of the molecule is CCOc1cccc(C(c2cccc(C(F)(F)F)c2)N2CCC(C(=O)O)CC2)c1. The number of halogens is 3. The number of likely N-dealkylation sites (tertiary alicyclic amines) is 1. The Morgan fingerprint density at radius 1 is 1.14 bits per heavy atom. The van der Waals surface area contributed by atoms with Crippen LogP contribution in [0.5, 0.6) is 5.75 Å². The van der Waals surface area contributed by atoms with Crippen LogP contribution in [0.2, 0.25) is 0 Å². The van der Waals surface area contributed by atoms with Crippen molar-refractivity contribution in [2.45, 2.75) is 32.0 Å². The molecule has 1 unspecified atom stereocenters. The molecular weight excluding hydrogens is 383 g/mol. The van der Waals surface area contributed by atoms with Gasteiger partial charge in [-0.25, -0.2) is 0 Å². The van der Waals surface area contributed by atoms with Crippen molar-refractivity contribution in [2.24, 2.45) is 5.92 Å². The third kappa shape index (κ3) is 5.09. The van der Waals surface area contributed by atoms with Crippen LogP contribution < -0.4 is 4.74 Å². The number of hydrogen-bond donors (Lipinski definition) is 1. The van der Waals surface area contributed by atoms with Gasteiger partial charge in [0.2, 0.25) is 0 Å². The second-order valence-corrected chi connectivity index (χ2v) is 7.18. The van der Waals surface area contributed by atoms with Gasteiger partial charge in [-0.15, -0.1) is 0 Å². The molecule has 1 aliphatic rings. The minimum absolute atomic E-state index is 0.410. The van der Waals surface area contributed by atoms with Gasteiger partial charge in [-0.05, 0) is 68.2 Å². The first-order chi connectivity index (χ1) is 13.8. The number of piperidine rings is 1. The van der Waals surface area contributed by atoms with Gasteiger partial charge in [0.15, 0.2) is 0 Å². The molecule has 2 aromatic carbocycles. The van der Waals surface area contributed by atoms with Gasteiger partial charge in [-0.1, -0.05) is 24.3 Å². The quantitative estimate of drug-likeness (QED) is 0.733. The molecule has 0 amide bonds. The number of carboxylic acid groups (broad SMARTS) is 1. The Hall–Kier alpha value is -2.54. The number of carbonyl (C=O) groups is 1. The van der Waals surface area contributed by atoms with E-state index in [1.54, 1.807) is 6.07 Å². The number of aliphatic carboxylic acids is 1. The van der Waals surface area contributed by atoms with Crippen molar-refractivity contribution in [1.82, 2.24) is 4.90 Å². The largest absolute Gasteiger partial charge is 0.494 e. The number of ether oxygens (including phenoxy) is 1. The fourth-order valence-corrected chi connectivity index (χ4v) is 3.84. The average Bonchev–Trinajstić information content (AvgIpc) is 2.69. The predicted molar refractivity (Wildman–Crippen MR) is 103 cm³/mol. The molecular formula is C22H24F3NO3. The molecule has 0 saturated carbocycles. The van der Waals surface area contributed by atoms with E-state index in [1.165, 1.54) is 12.1 Å². The molecule has 1 N–H and O–H groups in total. The van der Waals surface area contributed by atoms with Crippen molar-refractivity contribution in [2.75, 3.05) is 19.7 Å². The van der Waals surface area contributed by atoms with Crippen molar-refractivity contribution >= 4 is 5.97 Å². The van der Waals surface area contributed by atoms with Crippen LogP contribution >= 0.6 is 0 Å². The van der Waals surface area contributed by atoms with E-state index in [2.05, 4.69) is 4.90 Å². The minimum atomic E-state index is -4.43. The summed E-state index contributed by atoms with van der Waals surface area (Å²) < 4.78 is 45.4. The van der Waals surface area contributed by atoms with E-state index in [4.69, 9.17) is 4.74 Å². The average molecular weight is 407 g/mol. The monoisotopic (exact) mass is 407 g/mol. The Morgan fingerprint density at radius 2 is 1.76 bits per heavy atom. The van der Waals surface area contributed by atoms with E-state index < -0.39 is 29.7 Å². The molecule has 2 aromatic rings. The molecule has 1 heterocycles. The molecule has 1 aliphatic heterocycles. The normalized spacial score (nSPS) is 17.1. The minimum Gasteiger partial charge on any atom is -0.494 e. The summed E-state index contributed by atoms with van der Waals surface area (Å²) in [5.41, 5.74) is 0.660. The summed E-state index contributed by atoms with van der Waals surface area (Å²) in [6.45, 7) is 3.35. The molecule has 1 fully saturated rings. The topological polar surface area (TPSA) is 49.8 Å². The Morgan fingerprint density at radius 3 is 2.34 bits per heavy atom. The van der Waals surface area contributed by atoms with Gasteiger partial charge in [0.05, 0.1) is 24.1 Å². The van der Waals surface area contributed by atoms with Gasteiger partial charge >= 0.3 is 12.1 Å². The molecule has 0 radical (unpaired) electrons. The summed E-state index contributed by atoms with van der Waals surface area (Å²) in [7, 11) is 0. The summed E-state index contributed by atoms with van der Waals surface area (Å²) in [4.78, 5) is 13.3. The third-order valence-electron chi connectivity index (χ3n) is 5.26. The number of alkyl halides is 3. The van der Waals surface area contributed by atoms with Crippen molar-refractivity contribution in [3.63, 3.8) is 0 Å². The molecule has 7 heteroatoms. The highest BCUT2D eigenvalue weighted by Crippen LogP contribution is 2.37. The highest BCUT2D eigenvalue weighted by atomic mass is 19.4. The molecule has 4 nitrogen and oxygen atoms in total. The molecule has 3 rings (SSSR count). The number of benzene rings is 2. The molecule has 29 heavy (non-hydrogen) atoms. The van der Waals surface area contributed by atoms with Gasteiger partial charge in [-0.3, -0.25) is 9.69 Å². The number of nitrogens with zero attached hydrogens (tertiary/aromatic N) is 1. The van der Waals surface area contributed by atoms with Crippen LogP contribution in [0.3, 0.4) is 0 Å². The first-order valence-corrected chi connectivity index (χ1v) is 9.66. The standard InChI is InChI=1S/C22H24F3NO3/c1-2-29-19-8-4-6-17(14-19)20(26-11-9-15(10-12-26)21(27)28)16-5-3-7-18(13-16)22(23,24)25/h3-8,13-15,20H,2,9-12H2,1H3,(H,27,28). The van der Waals surface area contributed by atoms with Crippen LogP contribution in [-0.2, 0) is 11.0 Å². The Balaban J connectivity index is 1.99. The second-order valence-electron chi connectivity index (χ2n) is 7.18. The summed E-state index contributed by atoms with van der Waals surface area (Å²) in [5.74, 6) is -0.579. The molecule has 1 atom stereocenters. The Labute approximate surface area is 167 Å². The fourth-order valence-electron chi connectivity index (χ4n) is 3.84. The second kappa shape index (κ2) is 8.86. The van der Waals surface area contributed by atoms with Crippen LogP contribution in [0, 0.1) is 5.92 Å². The smallest absolute Gasteiger partial charge is 0.416 e. The zero-order chi connectivity index (χ0) is 21.0. The number of carboxylic acids is 1. The lowest BCUT2D eigenvalue weighted by Gasteiger charge is -2.37. The van der Waals surface area contributed by atoms with Gasteiger partial charge in [-0.2, -0.15) is 13.2 Å². The lowest BCUT2D eigenvalue weighted by Crippen LogP contribution is -2.39. The van der Waals surface area contributed by atoms with Crippen molar-refractivity contribution in [1.29, 1.82) is 0 Å². The van der Waals surface area contributed by atoms with E-state index >= 15 is 0 Å². The van der Waals surface area contributed by atoms with Crippen LogP contribution in [0.25, 0.3) is 0 Å². The highest BCUT2D eigenvalue weighted by molar-refractivity contribution is 5.70. The molecule has 0 bridgehead atoms. The summed E-state index contributed by atoms with van der Waals surface area (Å²) >= 11 is 0. The van der Waals surface area contributed by atoms with E-state index in [-0.39, 0.29) is 0 Å². The maximum atomic E-state index is 13.3. The maximum absolute atomic E-state index is 13.3. The predicted octanol–water partition coefficient (Wildman–Crippen LogP) is 4.99. The summed E-state index contributed by atoms with van der Waals surface area (Å²) in [6.07, 6.45) is -3.49. The van der Waals surface area contributed by atoms with Gasteiger partial charge in [0, 0.05) is 0 Å². The molecule has 0 spiro atoms. The highest BCUT2D eigenvalue weighted by Gasteiger charge is 2.34. The van der Waals surface area contributed by atoms with Gasteiger partial charge in [0.25, 0.3) is 0 Å². The van der Waals surface area contributed by atoms with Crippen molar-refractivity contribution < 1.29 is 27.8 Å². The van der Waals surface area contributed by atoms with E-state index in [9.17, 15) is 23.1 Å². The number of hydrogen-bond acceptors (Lipinski definition) is 3. The first kappa shape index (κ1) is 21.2. The van der Waals surface area contributed by atoms with Crippen LogP contribution in [0.1, 0.15) is 42.5 Å².